The second-order valence-electron chi connectivity index (χ2n) is 2.60. The minimum atomic E-state index is -0.600. The van der Waals surface area contributed by atoms with Crippen LogP contribution < -0.4 is 0 Å². The molecular formula is C8H14N2O2. The topological polar surface area (TPSA) is 58.3 Å². The Hall–Kier alpha value is -0.870. The third-order valence-electron chi connectivity index (χ3n) is 1.79. The molecule has 0 saturated heterocycles. The second kappa shape index (κ2) is 4.23. The normalized spacial score (nSPS) is 13.2. The van der Waals surface area contributed by atoms with E-state index in [-0.39, 0.29) is 6.61 Å². The average molecular weight is 170 g/mol. The summed E-state index contributed by atoms with van der Waals surface area (Å²) in [5.74, 6) is 0. The Bertz CT molecular complexity index is 235. The van der Waals surface area contributed by atoms with Gasteiger partial charge >= 0.3 is 0 Å². The summed E-state index contributed by atoms with van der Waals surface area (Å²) < 4.78 is 1.72. The molecule has 0 radical (unpaired) electrons. The van der Waals surface area contributed by atoms with E-state index in [1.165, 1.54) is 0 Å². The summed E-state index contributed by atoms with van der Waals surface area (Å²) in [4.78, 5) is 0. The van der Waals surface area contributed by atoms with Crippen molar-refractivity contribution in [3.63, 3.8) is 0 Å². The zero-order chi connectivity index (χ0) is 8.97. The Morgan fingerprint density at radius 2 is 2.42 bits per heavy atom. The number of aliphatic hydroxyl groups excluding tert-OH is 2. The van der Waals surface area contributed by atoms with E-state index in [1.807, 2.05) is 6.92 Å². The molecule has 0 aliphatic rings. The van der Waals surface area contributed by atoms with Crippen LogP contribution in [0.2, 0.25) is 0 Å². The van der Waals surface area contributed by atoms with Crippen molar-refractivity contribution in [1.82, 2.24) is 9.78 Å². The molecule has 12 heavy (non-hydrogen) atoms. The van der Waals surface area contributed by atoms with Gasteiger partial charge in [-0.05, 0) is 13.0 Å². The van der Waals surface area contributed by atoms with Gasteiger partial charge < -0.3 is 10.2 Å². The predicted octanol–water partition coefficient (Wildman–Crippen LogP) is 0.319. The van der Waals surface area contributed by atoms with Crippen LogP contribution in [0.25, 0.3) is 0 Å². The van der Waals surface area contributed by atoms with Gasteiger partial charge in [0.15, 0.2) is 0 Å². The largest absolute Gasteiger partial charge is 0.396 e. The maximum absolute atomic E-state index is 9.50. The zero-order valence-corrected chi connectivity index (χ0v) is 7.14. The summed E-state index contributed by atoms with van der Waals surface area (Å²) >= 11 is 0. The third kappa shape index (κ3) is 1.84. The van der Waals surface area contributed by atoms with E-state index in [0.717, 1.165) is 12.2 Å². The molecule has 0 amide bonds. The van der Waals surface area contributed by atoms with Gasteiger partial charge in [0.25, 0.3) is 0 Å². The fourth-order valence-electron chi connectivity index (χ4n) is 1.16. The summed E-state index contributed by atoms with van der Waals surface area (Å²) in [6, 6.07) is 1.77. The number of hydrogen-bond acceptors (Lipinski definition) is 3. The van der Waals surface area contributed by atoms with Gasteiger partial charge in [-0.1, -0.05) is 0 Å². The number of hydrogen-bond donors (Lipinski definition) is 2. The van der Waals surface area contributed by atoms with Gasteiger partial charge in [-0.2, -0.15) is 5.10 Å². The number of aryl methyl sites for hydroxylation is 1. The highest BCUT2D eigenvalue weighted by Gasteiger charge is 2.10. The molecule has 1 rings (SSSR count). The number of aliphatic hydroxyl groups is 2. The van der Waals surface area contributed by atoms with Crippen LogP contribution in [0.1, 0.15) is 25.1 Å². The fraction of sp³-hybridized carbons (Fsp3) is 0.625. The molecule has 68 valence electrons. The van der Waals surface area contributed by atoms with Gasteiger partial charge in [-0.15, -0.1) is 0 Å². The smallest absolute Gasteiger partial charge is 0.0978 e. The standard InChI is InChI=1S/C8H14N2O2/c1-2-10-7(3-5-9-10)8(12)4-6-11/h3,5,8,11-12H,2,4,6H2,1H3. The van der Waals surface area contributed by atoms with Crippen molar-refractivity contribution >= 4 is 0 Å². The number of aromatic nitrogens is 2. The van der Waals surface area contributed by atoms with Crippen LogP contribution in [-0.4, -0.2) is 26.6 Å². The minimum absolute atomic E-state index is 0.00391. The van der Waals surface area contributed by atoms with Crippen LogP contribution in [0, 0.1) is 0 Å². The summed E-state index contributed by atoms with van der Waals surface area (Å²) in [6.45, 7) is 2.70. The SMILES string of the molecule is CCn1nccc1C(O)CCO. The van der Waals surface area contributed by atoms with Crippen LogP contribution in [0.3, 0.4) is 0 Å². The number of rotatable bonds is 4. The van der Waals surface area contributed by atoms with Crippen LogP contribution in [-0.2, 0) is 6.54 Å². The summed E-state index contributed by atoms with van der Waals surface area (Å²) in [5.41, 5.74) is 0.770. The van der Waals surface area contributed by atoms with Gasteiger partial charge in [0.05, 0.1) is 11.8 Å². The molecule has 4 heteroatoms. The molecule has 0 aromatic carbocycles. The molecule has 0 saturated carbocycles. The third-order valence-corrected chi connectivity index (χ3v) is 1.79. The molecule has 1 aromatic rings. The van der Waals surface area contributed by atoms with Crippen molar-refractivity contribution < 1.29 is 10.2 Å². The highest BCUT2D eigenvalue weighted by molar-refractivity contribution is 5.04. The Morgan fingerprint density at radius 1 is 1.67 bits per heavy atom. The molecule has 0 bridgehead atoms. The van der Waals surface area contributed by atoms with E-state index in [9.17, 15) is 5.11 Å². The predicted molar refractivity (Wildman–Crippen MR) is 44.6 cm³/mol. The van der Waals surface area contributed by atoms with Crippen LogP contribution in [0.4, 0.5) is 0 Å². The lowest BCUT2D eigenvalue weighted by Gasteiger charge is -2.10. The van der Waals surface area contributed by atoms with Gasteiger partial charge in [-0.3, -0.25) is 4.68 Å². The molecule has 2 N–H and O–H groups in total. The summed E-state index contributed by atoms with van der Waals surface area (Å²) in [7, 11) is 0. The van der Waals surface area contributed by atoms with Crippen molar-refractivity contribution in [2.45, 2.75) is 26.0 Å². The van der Waals surface area contributed by atoms with Crippen molar-refractivity contribution in [3.05, 3.63) is 18.0 Å². The Labute approximate surface area is 71.5 Å². The Balaban J connectivity index is 2.71. The minimum Gasteiger partial charge on any atom is -0.396 e. The lowest BCUT2D eigenvalue weighted by atomic mass is 10.2. The average Bonchev–Trinajstić information content (AvgIpc) is 2.51. The molecule has 0 fully saturated rings. The van der Waals surface area contributed by atoms with Crippen molar-refractivity contribution in [2.24, 2.45) is 0 Å². The van der Waals surface area contributed by atoms with Gasteiger partial charge in [0.2, 0.25) is 0 Å². The molecule has 4 nitrogen and oxygen atoms in total. The molecule has 0 aliphatic carbocycles. The monoisotopic (exact) mass is 170 g/mol. The van der Waals surface area contributed by atoms with E-state index in [4.69, 9.17) is 5.11 Å². The van der Waals surface area contributed by atoms with E-state index >= 15 is 0 Å². The lowest BCUT2D eigenvalue weighted by molar-refractivity contribution is 0.126. The summed E-state index contributed by atoms with van der Waals surface area (Å²) in [6.07, 6.45) is 1.42. The first-order valence-corrected chi connectivity index (χ1v) is 4.10. The van der Waals surface area contributed by atoms with Crippen LogP contribution >= 0.6 is 0 Å². The first-order valence-electron chi connectivity index (χ1n) is 4.10. The van der Waals surface area contributed by atoms with Crippen molar-refractivity contribution in [3.8, 4) is 0 Å². The molecule has 0 spiro atoms. The second-order valence-corrected chi connectivity index (χ2v) is 2.60. The van der Waals surface area contributed by atoms with E-state index in [1.54, 1.807) is 16.9 Å². The van der Waals surface area contributed by atoms with E-state index in [0.29, 0.717) is 6.42 Å². The fourth-order valence-corrected chi connectivity index (χ4v) is 1.16. The van der Waals surface area contributed by atoms with Crippen molar-refractivity contribution in [2.75, 3.05) is 6.61 Å². The van der Waals surface area contributed by atoms with Crippen molar-refractivity contribution in [1.29, 1.82) is 0 Å². The van der Waals surface area contributed by atoms with Gasteiger partial charge in [0.1, 0.15) is 0 Å². The quantitative estimate of drug-likeness (QED) is 0.684. The highest BCUT2D eigenvalue weighted by atomic mass is 16.3. The molecule has 1 atom stereocenters. The molecular weight excluding hydrogens is 156 g/mol. The molecule has 1 unspecified atom stereocenters. The molecule has 1 aromatic heterocycles. The van der Waals surface area contributed by atoms with Crippen LogP contribution in [0.5, 0.6) is 0 Å². The maximum atomic E-state index is 9.50. The maximum Gasteiger partial charge on any atom is 0.0978 e. The van der Waals surface area contributed by atoms with E-state index in [2.05, 4.69) is 5.10 Å². The molecule has 1 heterocycles. The highest BCUT2D eigenvalue weighted by Crippen LogP contribution is 2.14. The van der Waals surface area contributed by atoms with Crippen LogP contribution in [0.15, 0.2) is 12.3 Å². The van der Waals surface area contributed by atoms with Gasteiger partial charge in [-0.25, -0.2) is 0 Å². The Morgan fingerprint density at radius 3 is 3.00 bits per heavy atom. The first kappa shape index (κ1) is 9.22. The zero-order valence-electron chi connectivity index (χ0n) is 7.14. The lowest BCUT2D eigenvalue weighted by Crippen LogP contribution is -2.08. The number of nitrogens with zero attached hydrogens (tertiary/aromatic N) is 2. The summed E-state index contributed by atoms with van der Waals surface area (Å²) in [5, 5.41) is 22.1. The van der Waals surface area contributed by atoms with Gasteiger partial charge in [0, 0.05) is 25.8 Å². The molecule has 0 aliphatic heterocycles. The van der Waals surface area contributed by atoms with E-state index < -0.39 is 6.10 Å². The first-order chi connectivity index (χ1) is 5.79. The Kier molecular flexibility index (Phi) is 3.25.